The molecule has 0 fully saturated rings. The molecule has 1 aromatic heterocycles. The number of nitrogens with one attached hydrogen (secondary N) is 1. The summed E-state index contributed by atoms with van der Waals surface area (Å²) in [4.78, 5) is 10.5. The van der Waals surface area contributed by atoms with Crippen molar-refractivity contribution < 1.29 is 9.13 Å². The van der Waals surface area contributed by atoms with Crippen LogP contribution in [-0.2, 0) is 13.1 Å². The minimum Gasteiger partial charge on any atom is -0.478 e. The van der Waals surface area contributed by atoms with Crippen LogP contribution in [0.3, 0.4) is 0 Å². The summed E-state index contributed by atoms with van der Waals surface area (Å²) in [7, 11) is 3.67. The van der Waals surface area contributed by atoms with Gasteiger partial charge in [0, 0.05) is 38.9 Å². The van der Waals surface area contributed by atoms with Crippen LogP contribution >= 0.6 is 24.0 Å². The molecule has 2 aromatic rings. The smallest absolute Gasteiger partial charge is 0.218 e. The number of pyridine rings is 1. The van der Waals surface area contributed by atoms with Crippen LogP contribution in [0, 0.1) is 5.82 Å². The molecular formula is C18H24FIN4O. The molecule has 5 nitrogen and oxygen atoms in total. The van der Waals surface area contributed by atoms with Crippen molar-refractivity contribution in [3.63, 3.8) is 0 Å². The molecule has 0 atom stereocenters. The maximum absolute atomic E-state index is 13.0. The van der Waals surface area contributed by atoms with Crippen LogP contribution in [0.5, 0.6) is 5.88 Å². The van der Waals surface area contributed by atoms with Crippen molar-refractivity contribution in [2.75, 3.05) is 20.7 Å². The van der Waals surface area contributed by atoms with Gasteiger partial charge in [0.2, 0.25) is 5.88 Å². The number of guanidine groups is 1. The van der Waals surface area contributed by atoms with Crippen molar-refractivity contribution in [3.8, 4) is 5.88 Å². The summed E-state index contributed by atoms with van der Waals surface area (Å²) in [5.74, 6) is 1.14. The van der Waals surface area contributed by atoms with E-state index in [4.69, 9.17) is 4.74 Å². The van der Waals surface area contributed by atoms with Gasteiger partial charge in [0.25, 0.3) is 0 Å². The number of benzene rings is 1. The van der Waals surface area contributed by atoms with E-state index in [2.05, 4.69) is 15.3 Å². The summed E-state index contributed by atoms with van der Waals surface area (Å²) in [6, 6.07) is 10.3. The van der Waals surface area contributed by atoms with Gasteiger partial charge in [-0.1, -0.05) is 18.2 Å². The average Bonchev–Trinajstić information content (AvgIpc) is 2.59. The Hall–Kier alpha value is -1.90. The van der Waals surface area contributed by atoms with Crippen molar-refractivity contribution >= 4 is 29.9 Å². The molecule has 0 saturated carbocycles. The van der Waals surface area contributed by atoms with Crippen LogP contribution in [0.25, 0.3) is 0 Å². The molecule has 1 heterocycles. The Bertz CT molecular complexity index is 679. The van der Waals surface area contributed by atoms with Crippen LogP contribution in [0.15, 0.2) is 47.6 Å². The number of halogens is 2. The van der Waals surface area contributed by atoms with Gasteiger partial charge in [-0.15, -0.1) is 24.0 Å². The molecule has 2 rings (SSSR count). The minimum atomic E-state index is -0.232. The Labute approximate surface area is 165 Å². The number of hydrogen-bond acceptors (Lipinski definition) is 3. The molecule has 0 unspecified atom stereocenters. The summed E-state index contributed by atoms with van der Waals surface area (Å²) in [6.45, 7) is 3.69. The van der Waals surface area contributed by atoms with E-state index in [0.29, 0.717) is 25.6 Å². The fourth-order valence-corrected chi connectivity index (χ4v) is 2.32. The zero-order valence-corrected chi connectivity index (χ0v) is 17.0. The summed E-state index contributed by atoms with van der Waals surface area (Å²) < 4.78 is 18.5. The first-order chi connectivity index (χ1) is 11.6. The Balaban J connectivity index is 0.00000312. The Morgan fingerprint density at radius 1 is 1.28 bits per heavy atom. The SMILES string of the molecule is CCOc1ncccc1CNC(=NC)N(C)Cc1ccc(F)cc1.I. The van der Waals surface area contributed by atoms with E-state index >= 15 is 0 Å². The highest BCUT2D eigenvalue weighted by molar-refractivity contribution is 14.0. The van der Waals surface area contributed by atoms with Crippen molar-refractivity contribution in [1.82, 2.24) is 15.2 Å². The quantitative estimate of drug-likeness (QED) is 0.410. The zero-order valence-electron chi connectivity index (χ0n) is 14.7. The molecule has 136 valence electrons. The highest BCUT2D eigenvalue weighted by atomic mass is 127. The Morgan fingerprint density at radius 3 is 2.64 bits per heavy atom. The molecule has 25 heavy (non-hydrogen) atoms. The van der Waals surface area contributed by atoms with Crippen molar-refractivity contribution in [2.45, 2.75) is 20.0 Å². The lowest BCUT2D eigenvalue weighted by Crippen LogP contribution is -2.38. The number of hydrogen-bond donors (Lipinski definition) is 1. The lowest BCUT2D eigenvalue weighted by atomic mass is 10.2. The van der Waals surface area contributed by atoms with E-state index in [0.717, 1.165) is 17.1 Å². The van der Waals surface area contributed by atoms with Gasteiger partial charge in [-0.3, -0.25) is 4.99 Å². The monoisotopic (exact) mass is 458 g/mol. The van der Waals surface area contributed by atoms with E-state index in [1.165, 1.54) is 12.1 Å². The third-order valence-electron chi connectivity index (χ3n) is 3.47. The van der Waals surface area contributed by atoms with Gasteiger partial charge >= 0.3 is 0 Å². The average molecular weight is 458 g/mol. The van der Waals surface area contributed by atoms with Gasteiger partial charge in [0.15, 0.2) is 5.96 Å². The molecule has 0 radical (unpaired) electrons. The van der Waals surface area contributed by atoms with Gasteiger partial charge in [-0.2, -0.15) is 0 Å². The molecule has 0 amide bonds. The normalized spacial score (nSPS) is 10.8. The van der Waals surface area contributed by atoms with Gasteiger partial charge in [-0.25, -0.2) is 9.37 Å². The molecule has 0 saturated heterocycles. The van der Waals surface area contributed by atoms with Crippen molar-refractivity contribution in [2.24, 2.45) is 4.99 Å². The second-order valence-electron chi connectivity index (χ2n) is 5.28. The minimum absolute atomic E-state index is 0. The number of ether oxygens (including phenoxy) is 1. The van der Waals surface area contributed by atoms with Gasteiger partial charge in [0.05, 0.1) is 6.61 Å². The predicted molar refractivity (Wildman–Crippen MR) is 109 cm³/mol. The molecule has 1 aromatic carbocycles. The summed E-state index contributed by atoms with van der Waals surface area (Å²) in [5.41, 5.74) is 1.98. The topological polar surface area (TPSA) is 49.8 Å². The van der Waals surface area contributed by atoms with E-state index in [1.54, 1.807) is 25.4 Å². The molecule has 0 aliphatic heterocycles. The molecule has 0 spiro atoms. The third-order valence-corrected chi connectivity index (χ3v) is 3.47. The molecular weight excluding hydrogens is 434 g/mol. The van der Waals surface area contributed by atoms with Gasteiger partial charge in [-0.05, 0) is 30.7 Å². The number of nitrogens with zero attached hydrogens (tertiary/aromatic N) is 3. The lowest BCUT2D eigenvalue weighted by Gasteiger charge is -2.22. The second kappa shape index (κ2) is 10.9. The summed E-state index contributed by atoms with van der Waals surface area (Å²) in [6.07, 6.45) is 1.71. The van der Waals surface area contributed by atoms with Gasteiger partial charge < -0.3 is 15.0 Å². The summed E-state index contributed by atoms with van der Waals surface area (Å²) >= 11 is 0. The fraction of sp³-hybridized carbons (Fsp3) is 0.333. The first-order valence-electron chi connectivity index (χ1n) is 7.87. The lowest BCUT2D eigenvalue weighted by molar-refractivity contribution is 0.322. The fourth-order valence-electron chi connectivity index (χ4n) is 2.32. The number of aliphatic imine (C=N–C) groups is 1. The largest absolute Gasteiger partial charge is 0.478 e. The number of rotatable bonds is 6. The van der Waals surface area contributed by atoms with E-state index in [9.17, 15) is 4.39 Å². The molecule has 0 aliphatic rings. The first-order valence-corrected chi connectivity index (χ1v) is 7.87. The highest BCUT2D eigenvalue weighted by Crippen LogP contribution is 2.14. The van der Waals surface area contributed by atoms with Crippen molar-refractivity contribution in [1.29, 1.82) is 0 Å². The van der Waals surface area contributed by atoms with Crippen LogP contribution in [-0.4, -0.2) is 36.5 Å². The van der Waals surface area contributed by atoms with E-state index in [1.807, 2.05) is 31.0 Å². The first kappa shape index (κ1) is 21.1. The zero-order chi connectivity index (χ0) is 17.4. The van der Waals surface area contributed by atoms with E-state index in [-0.39, 0.29) is 29.8 Å². The van der Waals surface area contributed by atoms with Crippen LogP contribution in [0.1, 0.15) is 18.1 Å². The third kappa shape index (κ3) is 6.49. The van der Waals surface area contributed by atoms with Crippen LogP contribution < -0.4 is 10.1 Å². The maximum Gasteiger partial charge on any atom is 0.218 e. The molecule has 7 heteroatoms. The molecule has 0 aliphatic carbocycles. The van der Waals surface area contributed by atoms with Crippen LogP contribution in [0.2, 0.25) is 0 Å². The number of aromatic nitrogens is 1. The Morgan fingerprint density at radius 2 is 2.00 bits per heavy atom. The standard InChI is InChI=1S/C18H23FN4O.HI/c1-4-24-17-15(6-5-11-21-17)12-22-18(20-2)23(3)13-14-7-9-16(19)10-8-14;/h5-11H,4,12-13H2,1-3H3,(H,20,22);1H. The maximum atomic E-state index is 13.0. The highest BCUT2D eigenvalue weighted by Gasteiger charge is 2.09. The second-order valence-corrected chi connectivity index (χ2v) is 5.28. The Kier molecular flexibility index (Phi) is 9.18. The molecule has 0 bridgehead atoms. The molecule has 1 N–H and O–H groups in total. The van der Waals surface area contributed by atoms with Crippen LogP contribution in [0.4, 0.5) is 4.39 Å². The predicted octanol–water partition coefficient (Wildman–Crippen LogP) is 3.44. The van der Waals surface area contributed by atoms with Gasteiger partial charge in [0.1, 0.15) is 5.82 Å². The van der Waals surface area contributed by atoms with E-state index < -0.39 is 0 Å². The summed E-state index contributed by atoms with van der Waals surface area (Å²) in [5, 5.41) is 3.30. The van der Waals surface area contributed by atoms with Crippen molar-refractivity contribution in [3.05, 3.63) is 59.5 Å².